The molecule has 4 nitrogen and oxygen atoms in total. The van der Waals surface area contributed by atoms with E-state index in [4.69, 9.17) is 10.5 Å². The molecule has 0 radical (unpaired) electrons. The van der Waals surface area contributed by atoms with E-state index in [0.717, 1.165) is 29.5 Å². The predicted octanol–water partition coefficient (Wildman–Crippen LogP) is 2.31. The highest BCUT2D eigenvalue weighted by atomic mass is 79.9. The second-order valence-corrected chi connectivity index (χ2v) is 6.06. The second-order valence-electron chi connectivity index (χ2n) is 5.15. The average molecular weight is 341 g/mol. The molecule has 1 fully saturated rings. The number of nitrogens with two attached hydrogens (primary N) is 1. The Balaban J connectivity index is 2.19. The number of carbonyl (C=O) groups excluding carboxylic acids is 1. The Labute approximate surface area is 128 Å². The molecule has 110 valence electrons. The molecule has 1 amide bonds. The minimum atomic E-state index is -0.827. The molecule has 1 saturated heterocycles. The van der Waals surface area contributed by atoms with Gasteiger partial charge in [-0.25, -0.2) is 0 Å². The van der Waals surface area contributed by atoms with E-state index in [9.17, 15) is 4.79 Å². The van der Waals surface area contributed by atoms with Crippen molar-refractivity contribution in [2.75, 3.05) is 13.2 Å². The Morgan fingerprint density at radius 1 is 1.50 bits per heavy atom. The van der Waals surface area contributed by atoms with Crippen LogP contribution in [0.25, 0.3) is 0 Å². The zero-order valence-electron chi connectivity index (χ0n) is 11.7. The Hall–Kier alpha value is -0.910. The van der Waals surface area contributed by atoms with Crippen LogP contribution in [-0.2, 0) is 15.1 Å². The average Bonchev–Trinajstić information content (AvgIpc) is 2.94. The second kappa shape index (κ2) is 6.70. The summed E-state index contributed by atoms with van der Waals surface area (Å²) in [4.78, 5) is 12.0. The van der Waals surface area contributed by atoms with Gasteiger partial charge in [-0.15, -0.1) is 0 Å². The third kappa shape index (κ3) is 3.22. The first-order valence-electron chi connectivity index (χ1n) is 7.01. The van der Waals surface area contributed by atoms with Crippen molar-refractivity contribution in [3.8, 4) is 0 Å². The molecule has 1 aromatic rings. The molecule has 2 atom stereocenters. The standard InChI is InChI=1S/C15H21BrN2O2/c1-2-15(14(17)19,11-5-7-12(16)8-6-11)18-10-13-4-3-9-20-13/h5-8,13,18H,2-4,9-10H2,1H3,(H2,17,19). The van der Waals surface area contributed by atoms with Crippen LogP contribution in [0.15, 0.2) is 28.7 Å². The normalized spacial score (nSPS) is 21.6. The molecule has 3 N–H and O–H groups in total. The molecule has 1 aliphatic rings. The van der Waals surface area contributed by atoms with E-state index >= 15 is 0 Å². The number of amides is 1. The molecule has 1 heterocycles. The fraction of sp³-hybridized carbons (Fsp3) is 0.533. The molecule has 5 heteroatoms. The van der Waals surface area contributed by atoms with Crippen LogP contribution in [0.2, 0.25) is 0 Å². The van der Waals surface area contributed by atoms with Crippen LogP contribution in [0.5, 0.6) is 0 Å². The van der Waals surface area contributed by atoms with Crippen LogP contribution in [0.4, 0.5) is 0 Å². The van der Waals surface area contributed by atoms with Crippen molar-refractivity contribution in [1.82, 2.24) is 5.32 Å². The summed E-state index contributed by atoms with van der Waals surface area (Å²) in [6.07, 6.45) is 2.90. The molecule has 0 spiro atoms. The maximum atomic E-state index is 12.0. The number of halogens is 1. The lowest BCUT2D eigenvalue weighted by Gasteiger charge is -2.32. The lowest BCUT2D eigenvalue weighted by Crippen LogP contribution is -2.54. The van der Waals surface area contributed by atoms with Crippen LogP contribution in [0.1, 0.15) is 31.7 Å². The van der Waals surface area contributed by atoms with Crippen molar-refractivity contribution in [2.45, 2.75) is 37.8 Å². The van der Waals surface area contributed by atoms with E-state index in [1.165, 1.54) is 0 Å². The van der Waals surface area contributed by atoms with E-state index in [2.05, 4.69) is 21.2 Å². The summed E-state index contributed by atoms with van der Waals surface area (Å²) in [5.41, 5.74) is 5.75. The van der Waals surface area contributed by atoms with Crippen molar-refractivity contribution in [3.63, 3.8) is 0 Å². The number of benzene rings is 1. The maximum absolute atomic E-state index is 12.0. The summed E-state index contributed by atoms with van der Waals surface area (Å²) in [6.45, 7) is 3.42. The van der Waals surface area contributed by atoms with E-state index in [-0.39, 0.29) is 12.0 Å². The molecule has 0 saturated carbocycles. The summed E-state index contributed by atoms with van der Waals surface area (Å²) in [5, 5.41) is 3.35. The molecule has 20 heavy (non-hydrogen) atoms. The van der Waals surface area contributed by atoms with Crippen LogP contribution < -0.4 is 11.1 Å². The molecule has 1 aliphatic heterocycles. The Morgan fingerprint density at radius 2 is 2.20 bits per heavy atom. The number of primary amides is 1. The molecule has 0 bridgehead atoms. The fourth-order valence-corrected chi connectivity index (χ4v) is 2.93. The number of hydrogen-bond donors (Lipinski definition) is 2. The largest absolute Gasteiger partial charge is 0.377 e. The van der Waals surface area contributed by atoms with Crippen LogP contribution in [-0.4, -0.2) is 25.2 Å². The lowest BCUT2D eigenvalue weighted by molar-refractivity contribution is -0.125. The monoisotopic (exact) mass is 340 g/mol. The van der Waals surface area contributed by atoms with Gasteiger partial charge >= 0.3 is 0 Å². The first kappa shape index (κ1) is 15.5. The van der Waals surface area contributed by atoms with Gasteiger partial charge in [-0.2, -0.15) is 0 Å². The lowest BCUT2D eigenvalue weighted by atomic mass is 9.86. The van der Waals surface area contributed by atoms with E-state index in [0.29, 0.717) is 13.0 Å². The molecule has 2 rings (SSSR count). The van der Waals surface area contributed by atoms with Gasteiger partial charge in [0.15, 0.2) is 0 Å². The van der Waals surface area contributed by atoms with E-state index in [1.807, 2.05) is 31.2 Å². The maximum Gasteiger partial charge on any atom is 0.242 e. The van der Waals surface area contributed by atoms with Crippen molar-refractivity contribution < 1.29 is 9.53 Å². The third-order valence-electron chi connectivity index (χ3n) is 3.94. The fourth-order valence-electron chi connectivity index (χ4n) is 2.66. The Kier molecular flexibility index (Phi) is 5.18. The number of nitrogens with one attached hydrogen (secondary N) is 1. The smallest absolute Gasteiger partial charge is 0.242 e. The van der Waals surface area contributed by atoms with Gasteiger partial charge < -0.3 is 10.5 Å². The highest BCUT2D eigenvalue weighted by molar-refractivity contribution is 9.10. The quantitative estimate of drug-likeness (QED) is 0.835. The highest BCUT2D eigenvalue weighted by Gasteiger charge is 2.37. The van der Waals surface area contributed by atoms with Gasteiger partial charge in [-0.1, -0.05) is 35.0 Å². The predicted molar refractivity (Wildman–Crippen MR) is 82.3 cm³/mol. The van der Waals surface area contributed by atoms with Crippen LogP contribution >= 0.6 is 15.9 Å². The van der Waals surface area contributed by atoms with Gasteiger partial charge in [0.25, 0.3) is 0 Å². The van der Waals surface area contributed by atoms with Gasteiger partial charge in [0.05, 0.1) is 6.10 Å². The molecule has 1 aromatic carbocycles. The van der Waals surface area contributed by atoms with Crippen molar-refractivity contribution in [3.05, 3.63) is 34.3 Å². The summed E-state index contributed by atoms with van der Waals surface area (Å²) < 4.78 is 6.59. The number of ether oxygens (including phenoxy) is 1. The van der Waals surface area contributed by atoms with Crippen molar-refractivity contribution >= 4 is 21.8 Å². The van der Waals surface area contributed by atoms with Gasteiger partial charge in [0.2, 0.25) is 5.91 Å². The number of rotatable bonds is 6. The van der Waals surface area contributed by atoms with Gasteiger partial charge in [-0.3, -0.25) is 10.1 Å². The van der Waals surface area contributed by atoms with Crippen LogP contribution in [0.3, 0.4) is 0 Å². The molecule has 0 aromatic heterocycles. The summed E-state index contributed by atoms with van der Waals surface area (Å²) >= 11 is 3.41. The van der Waals surface area contributed by atoms with Gasteiger partial charge in [0.1, 0.15) is 5.54 Å². The zero-order chi connectivity index (χ0) is 14.6. The minimum Gasteiger partial charge on any atom is -0.377 e. The first-order chi connectivity index (χ1) is 9.58. The van der Waals surface area contributed by atoms with E-state index in [1.54, 1.807) is 0 Å². The number of carbonyl (C=O) groups is 1. The zero-order valence-corrected chi connectivity index (χ0v) is 13.3. The van der Waals surface area contributed by atoms with Crippen molar-refractivity contribution in [1.29, 1.82) is 0 Å². The number of hydrogen-bond acceptors (Lipinski definition) is 3. The summed E-state index contributed by atoms with van der Waals surface area (Å²) in [6, 6.07) is 7.72. The van der Waals surface area contributed by atoms with Crippen molar-refractivity contribution in [2.24, 2.45) is 5.73 Å². The van der Waals surface area contributed by atoms with Gasteiger partial charge in [-0.05, 0) is 37.0 Å². The molecule has 0 aliphatic carbocycles. The molecular weight excluding hydrogens is 320 g/mol. The van der Waals surface area contributed by atoms with E-state index < -0.39 is 5.54 Å². The van der Waals surface area contributed by atoms with Gasteiger partial charge in [0, 0.05) is 17.6 Å². The Bertz CT molecular complexity index is 457. The third-order valence-corrected chi connectivity index (χ3v) is 4.47. The molecule has 2 unspecified atom stereocenters. The summed E-state index contributed by atoms with van der Waals surface area (Å²) in [5.74, 6) is -0.347. The SMILES string of the molecule is CCC(NCC1CCCO1)(C(N)=O)c1ccc(Br)cc1. The minimum absolute atomic E-state index is 0.177. The summed E-state index contributed by atoms with van der Waals surface area (Å²) in [7, 11) is 0. The molecular formula is C15H21BrN2O2. The Morgan fingerprint density at radius 3 is 2.70 bits per heavy atom. The first-order valence-corrected chi connectivity index (χ1v) is 7.80. The van der Waals surface area contributed by atoms with Crippen LogP contribution in [0, 0.1) is 0 Å². The highest BCUT2D eigenvalue weighted by Crippen LogP contribution is 2.27. The topological polar surface area (TPSA) is 64.3 Å².